The SMILES string of the molecule is CCOc1ccc(C(=O)NCC(c2ccco2)N2CCCC2)cc1OC. The van der Waals surface area contributed by atoms with Crippen LogP contribution in [0.3, 0.4) is 0 Å². The first kappa shape index (κ1) is 18.3. The number of nitrogens with zero attached hydrogens (tertiary/aromatic N) is 1. The first-order chi connectivity index (χ1) is 12.7. The van der Waals surface area contributed by atoms with Crippen molar-refractivity contribution in [2.24, 2.45) is 0 Å². The molecule has 6 nitrogen and oxygen atoms in total. The maximum absolute atomic E-state index is 12.6. The minimum atomic E-state index is -0.137. The van der Waals surface area contributed by atoms with Crippen LogP contribution in [0.25, 0.3) is 0 Å². The number of hydrogen-bond acceptors (Lipinski definition) is 5. The van der Waals surface area contributed by atoms with Gasteiger partial charge in [0.1, 0.15) is 5.76 Å². The Morgan fingerprint density at radius 3 is 2.73 bits per heavy atom. The molecular formula is C20H26N2O4. The highest BCUT2D eigenvalue weighted by atomic mass is 16.5. The van der Waals surface area contributed by atoms with Gasteiger partial charge in [-0.1, -0.05) is 0 Å². The molecule has 1 atom stereocenters. The van der Waals surface area contributed by atoms with Gasteiger partial charge in [0, 0.05) is 12.1 Å². The van der Waals surface area contributed by atoms with E-state index >= 15 is 0 Å². The van der Waals surface area contributed by atoms with Gasteiger partial charge in [0.25, 0.3) is 5.91 Å². The fourth-order valence-electron chi connectivity index (χ4n) is 3.32. The van der Waals surface area contributed by atoms with Crippen LogP contribution in [0, 0.1) is 0 Å². The number of methoxy groups -OCH3 is 1. The first-order valence-corrected chi connectivity index (χ1v) is 9.09. The molecule has 0 aliphatic carbocycles. The molecule has 1 fully saturated rings. The number of rotatable bonds is 8. The molecule has 0 radical (unpaired) electrons. The zero-order valence-corrected chi connectivity index (χ0v) is 15.4. The van der Waals surface area contributed by atoms with Gasteiger partial charge >= 0.3 is 0 Å². The largest absolute Gasteiger partial charge is 0.493 e. The fourth-order valence-corrected chi connectivity index (χ4v) is 3.32. The second-order valence-corrected chi connectivity index (χ2v) is 6.28. The van der Waals surface area contributed by atoms with Gasteiger partial charge in [0.2, 0.25) is 0 Å². The molecule has 2 heterocycles. The molecule has 26 heavy (non-hydrogen) atoms. The van der Waals surface area contributed by atoms with Crippen molar-refractivity contribution in [3.05, 3.63) is 47.9 Å². The lowest BCUT2D eigenvalue weighted by atomic mass is 10.1. The number of carbonyl (C=O) groups is 1. The number of nitrogens with one attached hydrogen (secondary N) is 1. The monoisotopic (exact) mass is 358 g/mol. The Kier molecular flexibility index (Phi) is 6.17. The molecule has 1 amide bonds. The van der Waals surface area contributed by atoms with Gasteiger partial charge in [-0.3, -0.25) is 9.69 Å². The van der Waals surface area contributed by atoms with Gasteiger partial charge < -0.3 is 19.2 Å². The van der Waals surface area contributed by atoms with Crippen molar-refractivity contribution in [1.29, 1.82) is 0 Å². The van der Waals surface area contributed by atoms with Crippen LogP contribution in [0.5, 0.6) is 11.5 Å². The van der Waals surface area contributed by atoms with Crippen molar-refractivity contribution in [1.82, 2.24) is 10.2 Å². The predicted molar refractivity (Wildman–Crippen MR) is 98.8 cm³/mol. The molecule has 140 valence electrons. The lowest BCUT2D eigenvalue weighted by Crippen LogP contribution is -2.36. The van der Waals surface area contributed by atoms with Crippen molar-refractivity contribution >= 4 is 5.91 Å². The Balaban J connectivity index is 1.68. The van der Waals surface area contributed by atoms with Crippen LogP contribution in [0.1, 0.15) is 41.9 Å². The third-order valence-electron chi connectivity index (χ3n) is 4.63. The quantitative estimate of drug-likeness (QED) is 0.785. The lowest BCUT2D eigenvalue weighted by molar-refractivity contribution is 0.0933. The van der Waals surface area contributed by atoms with E-state index in [1.165, 1.54) is 12.8 Å². The van der Waals surface area contributed by atoms with E-state index in [0.29, 0.717) is 30.2 Å². The van der Waals surface area contributed by atoms with Crippen molar-refractivity contribution < 1.29 is 18.7 Å². The summed E-state index contributed by atoms with van der Waals surface area (Å²) >= 11 is 0. The minimum absolute atomic E-state index is 0.0565. The van der Waals surface area contributed by atoms with Crippen LogP contribution in [0.2, 0.25) is 0 Å². The van der Waals surface area contributed by atoms with Gasteiger partial charge in [-0.15, -0.1) is 0 Å². The Bertz CT molecular complexity index is 709. The number of benzene rings is 1. The first-order valence-electron chi connectivity index (χ1n) is 9.09. The summed E-state index contributed by atoms with van der Waals surface area (Å²) in [5.41, 5.74) is 0.546. The van der Waals surface area contributed by atoms with Gasteiger partial charge in [-0.2, -0.15) is 0 Å². The molecule has 6 heteroatoms. The van der Waals surface area contributed by atoms with Crippen molar-refractivity contribution in [3.63, 3.8) is 0 Å². The van der Waals surface area contributed by atoms with Crippen LogP contribution in [-0.2, 0) is 0 Å². The highest BCUT2D eigenvalue weighted by Gasteiger charge is 2.26. The van der Waals surface area contributed by atoms with Crippen molar-refractivity contribution in [3.8, 4) is 11.5 Å². The molecule has 0 bridgehead atoms. The van der Waals surface area contributed by atoms with E-state index in [4.69, 9.17) is 13.9 Å². The highest BCUT2D eigenvalue weighted by molar-refractivity contribution is 5.94. The van der Waals surface area contributed by atoms with Gasteiger partial charge in [0.15, 0.2) is 11.5 Å². The number of likely N-dealkylation sites (tertiary alicyclic amines) is 1. The van der Waals surface area contributed by atoms with Crippen molar-refractivity contribution in [2.75, 3.05) is 33.4 Å². The Morgan fingerprint density at radius 2 is 2.08 bits per heavy atom. The molecule has 2 aromatic rings. The van der Waals surface area contributed by atoms with Gasteiger partial charge in [-0.05, 0) is 63.2 Å². The second-order valence-electron chi connectivity index (χ2n) is 6.28. The van der Waals surface area contributed by atoms with E-state index < -0.39 is 0 Å². The van der Waals surface area contributed by atoms with Crippen LogP contribution in [-0.4, -0.2) is 44.2 Å². The summed E-state index contributed by atoms with van der Waals surface area (Å²) in [5.74, 6) is 1.94. The molecule has 1 N–H and O–H groups in total. The molecule has 1 unspecified atom stereocenters. The Hall–Kier alpha value is -2.47. The third-order valence-corrected chi connectivity index (χ3v) is 4.63. The van der Waals surface area contributed by atoms with Crippen LogP contribution >= 0.6 is 0 Å². The van der Waals surface area contributed by atoms with E-state index in [2.05, 4.69) is 10.2 Å². The number of carbonyl (C=O) groups excluding carboxylic acids is 1. The van der Waals surface area contributed by atoms with E-state index in [1.807, 2.05) is 19.1 Å². The predicted octanol–water partition coefficient (Wildman–Crippen LogP) is 3.25. The van der Waals surface area contributed by atoms with Crippen LogP contribution in [0.15, 0.2) is 41.0 Å². The zero-order valence-electron chi connectivity index (χ0n) is 15.4. The normalized spacial score (nSPS) is 15.6. The summed E-state index contributed by atoms with van der Waals surface area (Å²) in [6.07, 6.45) is 4.04. The standard InChI is InChI=1S/C20H26N2O4/c1-3-25-18-9-8-15(13-19(18)24-2)20(23)21-14-16(17-7-6-12-26-17)22-10-4-5-11-22/h6-9,12-13,16H,3-5,10-11,14H2,1-2H3,(H,21,23). The molecule has 0 spiro atoms. The smallest absolute Gasteiger partial charge is 0.251 e. The molecule has 0 saturated carbocycles. The van der Waals surface area contributed by atoms with E-state index in [9.17, 15) is 4.79 Å². The summed E-state index contributed by atoms with van der Waals surface area (Å²) in [6.45, 7) is 5.01. The van der Waals surface area contributed by atoms with Crippen molar-refractivity contribution in [2.45, 2.75) is 25.8 Å². The lowest BCUT2D eigenvalue weighted by Gasteiger charge is -2.26. The zero-order chi connectivity index (χ0) is 18.4. The molecule has 1 saturated heterocycles. The van der Waals surface area contributed by atoms with Crippen LogP contribution in [0.4, 0.5) is 0 Å². The van der Waals surface area contributed by atoms with E-state index in [-0.39, 0.29) is 11.9 Å². The maximum Gasteiger partial charge on any atom is 0.251 e. The molecule has 1 aliphatic rings. The maximum atomic E-state index is 12.6. The average molecular weight is 358 g/mol. The number of amides is 1. The average Bonchev–Trinajstić information content (AvgIpc) is 3.37. The Labute approximate surface area is 154 Å². The molecule has 1 aromatic carbocycles. The van der Waals surface area contributed by atoms with E-state index in [0.717, 1.165) is 18.8 Å². The summed E-state index contributed by atoms with van der Waals surface area (Å²) in [5, 5.41) is 3.03. The summed E-state index contributed by atoms with van der Waals surface area (Å²) < 4.78 is 16.4. The van der Waals surface area contributed by atoms with Crippen LogP contribution < -0.4 is 14.8 Å². The molecule has 1 aromatic heterocycles. The Morgan fingerprint density at radius 1 is 1.27 bits per heavy atom. The molecular weight excluding hydrogens is 332 g/mol. The van der Waals surface area contributed by atoms with E-state index in [1.54, 1.807) is 31.6 Å². The summed E-state index contributed by atoms with van der Waals surface area (Å²) in [4.78, 5) is 15.0. The number of ether oxygens (including phenoxy) is 2. The third kappa shape index (κ3) is 4.19. The highest BCUT2D eigenvalue weighted by Crippen LogP contribution is 2.28. The minimum Gasteiger partial charge on any atom is -0.493 e. The summed E-state index contributed by atoms with van der Waals surface area (Å²) in [6, 6.07) is 9.13. The molecule has 1 aliphatic heterocycles. The second kappa shape index (κ2) is 8.76. The molecule has 3 rings (SSSR count). The topological polar surface area (TPSA) is 63.9 Å². The number of furan rings is 1. The van der Waals surface area contributed by atoms with Gasteiger partial charge in [-0.25, -0.2) is 0 Å². The van der Waals surface area contributed by atoms with Gasteiger partial charge in [0.05, 0.1) is 26.0 Å². The fraction of sp³-hybridized carbons (Fsp3) is 0.450. The number of hydrogen-bond donors (Lipinski definition) is 1. The summed E-state index contributed by atoms with van der Waals surface area (Å²) in [7, 11) is 1.57.